The lowest BCUT2D eigenvalue weighted by atomic mass is 10.0. The zero-order chi connectivity index (χ0) is 23.2. The molecule has 0 saturated heterocycles. The second kappa shape index (κ2) is 10.5. The zero-order valence-corrected chi connectivity index (χ0v) is 19.6. The van der Waals surface area contributed by atoms with Gasteiger partial charge in [-0.05, 0) is 42.0 Å². The second-order valence-electron chi connectivity index (χ2n) is 7.13. The van der Waals surface area contributed by atoms with E-state index in [2.05, 4.69) is 36.8 Å². The fourth-order valence-electron chi connectivity index (χ4n) is 3.08. The summed E-state index contributed by atoms with van der Waals surface area (Å²) in [6.07, 6.45) is 0.276. The lowest BCUT2D eigenvalue weighted by Gasteiger charge is -2.18. The highest BCUT2D eigenvalue weighted by Crippen LogP contribution is 2.27. The monoisotopic (exact) mass is 524 g/mol. The Hall–Kier alpha value is -3.43. The Bertz CT molecular complexity index is 1250. The second-order valence-corrected chi connectivity index (χ2v) is 9.02. The number of carbonyl (C=O) groups is 2. The first kappa shape index (κ1) is 22.8. The van der Waals surface area contributed by atoms with Gasteiger partial charge in [0.15, 0.2) is 0 Å². The molecule has 2 amide bonds. The molecule has 6 nitrogen and oxygen atoms in total. The summed E-state index contributed by atoms with van der Waals surface area (Å²) in [6.45, 7) is 0. The topological polar surface area (TPSA) is 84.0 Å². The Morgan fingerprint density at radius 3 is 2.33 bits per heavy atom. The summed E-state index contributed by atoms with van der Waals surface area (Å²) in [4.78, 5) is 25.8. The maximum atomic E-state index is 13.2. The average molecular weight is 525 g/mol. The molecule has 2 N–H and O–H groups in total. The van der Waals surface area contributed by atoms with E-state index in [1.54, 1.807) is 0 Å². The van der Waals surface area contributed by atoms with Gasteiger partial charge in [0, 0.05) is 22.0 Å². The van der Waals surface area contributed by atoms with Crippen LogP contribution in [0.4, 0.5) is 9.52 Å². The average Bonchev–Trinajstić information content (AvgIpc) is 3.28. The van der Waals surface area contributed by atoms with Gasteiger partial charge in [-0.15, -0.1) is 10.2 Å². The van der Waals surface area contributed by atoms with Gasteiger partial charge in [-0.25, -0.2) is 4.39 Å². The molecule has 0 fully saturated rings. The van der Waals surface area contributed by atoms with Crippen LogP contribution in [-0.4, -0.2) is 28.1 Å². The fourth-order valence-corrected chi connectivity index (χ4v) is 4.09. The van der Waals surface area contributed by atoms with Gasteiger partial charge < -0.3 is 5.32 Å². The highest BCUT2D eigenvalue weighted by molar-refractivity contribution is 9.10. The van der Waals surface area contributed by atoms with Gasteiger partial charge in [-0.3, -0.25) is 14.9 Å². The Balaban J connectivity index is 1.50. The van der Waals surface area contributed by atoms with Gasteiger partial charge in [-0.2, -0.15) is 0 Å². The Morgan fingerprint density at radius 2 is 1.64 bits per heavy atom. The van der Waals surface area contributed by atoms with Gasteiger partial charge in [0.25, 0.3) is 5.91 Å². The van der Waals surface area contributed by atoms with Crippen LogP contribution in [0, 0.1) is 5.82 Å². The molecule has 3 aromatic carbocycles. The van der Waals surface area contributed by atoms with Gasteiger partial charge in [0.2, 0.25) is 11.0 Å². The van der Waals surface area contributed by atoms with Gasteiger partial charge >= 0.3 is 0 Å². The molecule has 1 atom stereocenters. The molecule has 4 rings (SSSR count). The number of aromatic nitrogens is 2. The van der Waals surface area contributed by atoms with E-state index in [-0.39, 0.29) is 12.0 Å². The number of hydrogen-bond acceptors (Lipinski definition) is 5. The van der Waals surface area contributed by atoms with Crippen molar-refractivity contribution in [2.45, 2.75) is 12.5 Å². The first-order valence-corrected chi connectivity index (χ1v) is 11.6. The smallest absolute Gasteiger partial charge is 0.251 e. The zero-order valence-electron chi connectivity index (χ0n) is 17.2. The van der Waals surface area contributed by atoms with Crippen molar-refractivity contribution in [3.05, 3.63) is 100 Å². The summed E-state index contributed by atoms with van der Waals surface area (Å²) in [7, 11) is 0. The van der Waals surface area contributed by atoms with Crippen LogP contribution in [0.1, 0.15) is 15.9 Å². The van der Waals surface area contributed by atoms with Crippen molar-refractivity contribution in [3.8, 4) is 10.6 Å². The van der Waals surface area contributed by atoms with Crippen molar-refractivity contribution in [2.24, 2.45) is 0 Å². The molecular weight excluding hydrogens is 507 g/mol. The van der Waals surface area contributed by atoms with Crippen molar-refractivity contribution in [3.63, 3.8) is 0 Å². The number of hydrogen-bond donors (Lipinski definition) is 2. The molecule has 0 bridgehead atoms. The molecule has 4 aromatic rings. The molecule has 33 heavy (non-hydrogen) atoms. The molecule has 0 spiro atoms. The van der Waals surface area contributed by atoms with Crippen LogP contribution < -0.4 is 10.6 Å². The van der Waals surface area contributed by atoms with Crippen molar-refractivity contribution in [1.29, 1.82) is 0 Å². The predicted molar refractivity (Wildman–Crippen MR) is 129 cm³/mol. The normalized spacial score (nSPS) is 11.6. The summed E-state index contributed by atoms with van der Waals surface area (Å²) in [6, 6.07) is 21.2. The number of nitrogens with one attached hydrogen (secondary N) is 2. The van der Waals surface area contributed by atoms with Crippen LogP contribution in [-0.2, 0) is 11.2 Å². The van der Waals surface area contributed by atoms with E-state index in [1.165, 1.54) is 35.6 Å². The van der Waals surface area contributed by atoms with Gasteiger partial charge in [-0.1, -0.05) is 69.7 Å². The molecule has 9 heteroatoms. The number of halogens is 2. The predicted octanol–water partition coefficient (Wildman–Crippen LogP) is 5.09. The Morgan fingerprint density at radius 1 is 0.939 bits per heavy atom. The molecule has 0 radical (unpaired) electrons. The summed E-state index contributed by atoms with van der Waals surface area (Å²) in [5.74, 6) is -1.34. The number of rotatable bonds is 7. The first-order chi connectivity index (χ1) is 16.0. The van der Waals surface area contributed by atoms with E-state index in [9.17, 15) is 14.0 Å². The lowest BCUT2D eigenvalue weighted by Crippen LogP contribution is -2.45. The van der Waals surface area contributed by atoms with Crippen LogP contribution in [0.5, 0.6) is 0 Å². The maximum Gasteiger partial charge on any atom is 0.251 e. The Labute approximate surface area is 202 Å². The van der Waals surface area contributed by atoms with E-state index < -0.39 is 23.7 Å². The largest absolute Gasteiger partial charge is 0.340 e. The minimum absolute atomic E-state index is 0.260. The molecule has 1 unspecified atom stereocenters. The number of nitrogens with zero attached hydrogens (tertiary/aromatic N) is 2. The number of amides is 2. The minimum Gasteiger partial charge on any atom is -0.340 e. The molecule has 1 aromatic heterocycles. The van der Waals surface area contributed by atoms with Crippen molar-refractivity contribution < 1.29 is 14.0 Å². The number of anilines is 1. The van der Waals surface area contributed by atoms with Gasteiger partial charge in [0.05, 0.1) is 0 Å². The van der Waals surface area contributed by atoms with Crippen LogP contribution in [0.15, 0.2) is 83.3 Å². The highest BCUT2D eigenvalue weighted by atomic mass is 79.9. The third-order valence-electron chi connectivity index (χ3n) is 4.76. The first-order valence-electron chi connectivity index (χ1n) is 9.98. The van der Waals surface area contributed by atoms with Crippen molar-refractivity contribution in [2.75, 3.05) is 5.32 Å². The van der Waals surface area contributed by atoms with Crippen molar-refractivity contribution in [1.82, 2.24) is 15.5 Å². The quantitative estimate of drug-likeness (QED) is 0.352. The van der Waals surface area contributed by atoms with E-state index in [4.69, 9.17) is 0 Å². The summed E-state index contributed by atoms with van der Waals surface area (Å²) < 4.78 is 14.2. The van der Waals surface area contributed by atoms with Crippen LogP contribution >= 0.6 is 27.3 Å². The molecule has 166 valence electrons. The molecule has 0 aliphatic carbocycles. The molecule has 0 saturated carbocycles. The third-order valence-corrected chi connectivity index (χ3v) is 6.17. The fraction of sp³-hybridized carbons (Fsp3) is 0.0833. The summed E-state index contributed by atoms with van der Waals surface area (Å²) in [5, 5.41) is 14.7. The lowest BCUT2D eigenvalue weighted by molar-refractivity contribution is -0.118. The minimum atomic E-state index is -0.870. The van der Waals surface area contributed by atoms with E-state index in [0.717, 1.165) is 15.6 Å². The number of carbonyl (C=O) groups excluding carboxylic acids is 2. The summed E-state index contributed by atoms with van der Waals surface area (Å²) in [5.41, 5.74) is 2.02. The molecule has 1 heterocycles. The van der Waals surface area contributed by atoms with Crippen LogP contribution in [0.3, 0.4) is 0 Å². The van der Waals surface area contributed by atoms with E-state index in [1.807, 2.05) is 54.6 Å². The maximum absolute atomic E-state index is 13.2. The van der Waals surface area contributed by atoms with Crippen LogP contribution in [0.2, 0.25) is 0 Å². The van der Waals surface area contributed by atoms with E-state index in [0.29, 0.717) is 10.1 Å². The SMILES string of the molecule is O=C(NC(Cc1ccccc1)C(=O)Nc1nnc(-c2ccc(Br)cc2)s1)c1ccc(F)cc1. The number of benzene rings is 3. The van der Waals surface area contributed by atoms with E-state index >= 15 is 0 Å². The molecular formula is C24H18BrFN4O2S. The molecule has 0 aliphatic heterocycles. The summed E-state index contributed by atoms with van der Waals surface area (Å²) >= 11 is 4.63. The third kappa shape index (κ3) is 6.09. The standard InChI is InChI=1S/C24H18BrFN4O2S/c25-18-10-6-17(7-11-18)23-29-30-24(33-23)28-22(32)20(14-15-4-2-1-3-5-15)27-21(31)16-8-12-19(26)13-9-16/h1-13,20H,14H2,(H,27,31)(H,28,30,32). The van der Waals surface area contributed by atoms with Gasteiger partial charge in [0.1, 0.15) is 16.9 Å². The Kier molecular flexibility index (Phi) is 7.21. The molecule has 0 aliphatic rings. The van der Waals surface area contributed by atoms with Crippen LogP contribution in [0.25, 0.3) is 10.6 Å². The van der Waals surface area contributed by atoms with Crippen molar-refractivity contribution >= 4 is 44.2 Å². The highest BCUT2D eigenvalue weighted by Gasteiger charge is 2.23.